The van der Waals surface area contributed by atoms with E-state index in [9.17, 15) is 14.4 Å². The Morgan fingerprint density at radius 2 is 2.07 bits per heavy atom. The fourth-order valence-electron chi connectivity index (χ4n) is 2.27. The lowest BCUT2D eigenvalue weighted by Crippen LogP contribution is -2.37. The van der Waals surface area contributed by atoms with E-state index in [4.69, 9.17) is 16.3 Å². The van der Waals surface area contributed by atoms with Crippen LogP contribution in [-0.2, 0) is 14.3 Å². The van der Waals surface area contributed by atoms with Crippen LogP contribution in [0.3, 0.4) is 0 Å². The third-order valence-electron chi connectivity index (χ3n) is 3.71. The van der Waals surface area contributed by atoms with Crippen molar-refractivity contribution >= 4 is 46.4 Å². The van der Waals surface area contributed by atoms with Gasteiger partial charge >= 0.3 is 5.97 Å². The molecule has 0 aliphatic carbocycles. The second-order valence-electron chi connectivity index (χ2n) is 5.74. The van der Waals surface area contributed by atoms with Crippen molar-refractivity contribution in [2.75, 3.05) is 25.5 Å². The number of hydrogen-bond donors (Lipinski definition) is 1. The van der Waals surface area contributed by atoms with E-state index in [1.807, 2.05) is 0 Å². The number of carbonyl (C=O) groups is 3. The normalized spacial score (nSPS) is 10.4. The Labute approximate surface area is 174 Å². The van der Waals surface area contributed by atoms with Gasteiger partial charge in [0.15, 0.2) is 6.61 Å². The van der Waals surface area contributed by atoms with Crippen LogP contribution in [0.5, 0.6) is 0 Å². The predicted octanol–water partition coefficient (Wildman–Crippen LogP) is 1.63. The number of thiophene rings is 1. The molecule has 0 fully saturated rings. The number of esters is 1. The summed E-state index contributed by atoms with van der Waals surface area (Å²) < 4.78 is 6.39. The van der Waals surface area contributed by atoms with Crippen molar-refractivity contribution in [2.45, 2.75) is 0 Å². The van der Waals surface area contributed by atoms with E-state index in [-0.39, 0.29) is 11.4 Å². The number of hydrogen-bond acceptors (Lipinski definition) is 8. The molecular weight excluding hydrogens is 420 g/mol. The number of carbonyl (C=O) groups excluding carboxylic acids is 3. The van der Waals surface area contributed by atoms with Gasteiger partial charge in [-0.15, -0.1) is 16.4 Å². The number of nitrogens with zero attached hydrogens (tertiary/aromatic N) is 5. The van der Waals surface area contributed by atoms with Crippen molar-refractivity contribution in [2.24, 2.45) is 0 Å². The van der Waals surface area contributed by atoms with Gasteiger partial charge in [-0.05, 0) is 34.0 Å². The minimum absolute atomic E-state index is 0.226. The fraction of sp³-hybridized carbons (Fsp3) is 0.176. The van der Waals surface area contributed by atoms with E-state index in [0.717, 1.165) is 16.2 Å². The molecule has 12 heteroatoms. The molecule has 2 aromatic heterocycles. The molecule has 29 heavy (non-hydrogen) atoms. The number of rotatable bonds is 7. The molecule has 0 bridgehead atoms. The SMILES string of the molecule is CN(CC(=O)Nc1ccccc1Cl)C(=O)COC(=O)c1sccc1-n1cnnn1. The molecule has 0 saturated heterocycles. The molecule has 0 radical (unpaired) electrons. The van der Waals surface area contributed by atoms with Crippen molar-refractivity contribution in [1.29, 1.82) is 0 Å². The topological polar surface area (TPSA) is 119 Å². The molecule has 0 aliphatic heterocycles. The van der Waals surface area contributed by atoms with Gasteiger partial charge in [-0.1, -0.05) is 23.7 Å². The molecule has 0 atom stereocenters. The van der Waals surface area contributed by atoms with Crippen LogP contribution >= 0.6 is 22.9 Å². The molecule has 0 spiro atoms. The number of benzene rings is 1. The van der Waals surface area contributed by atoms with E-state index in [0.29, 0.717) is 16.4 Å². The highest BCUT2D eigenvalue weighted by Crippen LogP contribution is 2.21. The molecule has 1 aromatic carbocycles. The maximum atomic E-state index is 12.3. The van der Waals surface area contributed by atoms with Crippen LogP contribution in [-0.4, -0.2) is 63.1 Å². The molecule has 2 amide bonds. The Balaban J connectivity index is 1.51. The highest BCUT2D eigenvalue weighted by molar-refractivity contribution is 7.12. The second kappa shape index (κ2) is 9.26. The van der Waals surface area contributed by atoms with Crippen LogP contribution in [0, 0.1) is 0 Å². The summed E-state index contributed by atoms with van der Waals surface area (Å²) in [6.45, 7) is -0.738. The summed E-state index contributed by atoms with van der Waals surface area (Å²) in [4.78, 5) is 38.0. The summed E-state index contributed by atoms with van der Waals surface area (Å²) in [5.41, 5.74) is 0.893. The number of tetrazole rings is 1. The number of nitrogens with one attached hydrogen (secondary N) is 1. The summed E-state index contributed by atoms with van der Waals surface area (Å²) >= 11 is 7.12. The van der Waals surface area contributed by atoms with Gasteiger partial charge in [-0.3, -0.25) is 9.59 Å². The van der Waals surface area contributed by atoms with Gasteiger partial charge in [0.2, 0.25) is 5.91 Å². The number of anilines is 1. The number of para-hydroxylation sites is 1. The van der Waals surface area contributed by atoms with E-state index in [2.05, 4.69) is 20.8 Å². The largest absolute Gasteiger partial charge is 0.451 e. The van der Waals surface area contributed by atoms with E-state index in [1.165, 1.54) is 18.1 Å². The van der Waals surface area contributed by atoms with Crippen molar-refractivity contribution in [3.63, 3.8) is 0 Å². The highest BCUT2D eigenvalue weighted by Gasteiger charge is 2.20. The predicted molar refractivity (Wildman–Crippen MR) is 105 cm³/mol. The van der Waals surface area contributed by atoms with Crippen LogP contribution in [0.15, 0.2) is 42.0 Å². The second-order valence-corrected chi connectivity index (χ2v) is 7.07. The maximum Gasteiger partial charge on any atom is 0.351 e. The molecule has 3 rings (SSSR count). The molecule has 0 unspecified atom stereocenters. The Morgan fingerprint density at radius 1 is 1.28 bits per heavy atom. The smallest absolute Gasteiger partial charge is 0.351 e. The zero-order valence-corrected chi connectivity index (χ0v) is 16.7. The summed E-state index contributed by atoms with van der Waals surface area (Å²) in [6.07, 6.45) is 1.34. The lowest BCUT2D eigenvalue weighted by molar-refractivity contribution is -0.136. The van der Waals surface area contributed by atoms with Crippen LogP contribution in [0.2, 0.25) is 5.02 Å². The Bertz CT molecular complexity index is 1020. The number of halogens is 1. The molecule has 3 aromatic rings. The first-order valence-electron chi connectivity index (χ1n) is 8.22. The minimum Gasteiger partial charge on any atom is -0.451 e. The zero-order valence-electron chi connectivity index (χ0n) is 15.1. The first-order valence-corrected chi connectivity index (χ1v) is 9.48. The monoisotopic (exact) mass is 434 g/mol. The summed E-state index contributed by atoms with van der Waals surface area (Å²) in [7, 11) is 1.43. The van der Waals surface area contributed by atoms with Gasteiger partial charge < -0.3 is 15.0 Å². The third kappa shape index (κ3) is 5.15. The van der Waals surface area contributed by atoms with Crippen molar-refractivity contribution in [1.82, 2.24) is 25.1 Å². The average Bonchev–Trinajstić information content (AvgIpc) is 3.38. The lowest BCUT2D eigenvalue weighted by atomic mass is 10.3. The van der Waals surface area contributed by atoms with Gasteiger partial charge in [0.25, 0.3) is 5.91 Å². The first-order chi connectivity index (χ1) is 14.0. The first kappa shape index (κ1) is 20.4. The number of aromatic nitrogens is 4. The summed E-state index contributed by atoms with van der Waals surface area (Å²) in [5, 5.41) is 15.4. The number of ether oxygens (including phenoxy) is 1. The Hall–Kier alpha value is -3.31. The van der Waals surface area contributed by atoms with E-state index < -0.39 is 24.4 Å². The minimum atomic E-state index is -0.687. The van der Waals surface area contributed by atoms with Gasteiger partial charge in [0, 0.05) is 7.05 Å². The molecule has 2 heterocycles. The highest BCUT2D eigenvalue weighted by atomic mass is 35.5. The van der Waals surface area contributed by atoms with Crippen LogP contribution in [0.25, 0.3) is 5.69 Å². The van der Waals surface area contributed by atoms with Crippen LogP contribution in [0.1, 0.15) is 9.67 Å². The summed E-state index contributed by atoms with van der Waals surface area (Å²) in [5.74, 6) is -1.65. The fourth-order valence-corrected chi connectivity index (χ4v) is 3.22. The quantitative estimate of drug-likeness (QED) is 0.561. The van der Waals surface area contributed by atoms with Crippen molar-refractivity contribution in [3.8, 4) is 5.69 Å². The van der Waals surface area contributed by atoms with Crippen molar-refractivity contribution in [3.05, 3.63) is 51.9 Å². The van der Waals surface area contributed by atoms with E-state index in [1.54, 1.807) is 35.7 Å². The van der Waals surface area contributed by atoms with Gasteiger partial charge in [0.05, 0.1) is 22.9 Å². The van der Waals surface area contributed by atoms with Gasteiger partial charge in [0.1, 0.15) is 11.2 Å². The summed E-state index contributed by atoms with van der Waals surface area (Å²) in [6, 6.07) is 8.40. The molecule has 0 aliphatic rings. The standard InChI is InChI=1S/C17H15ClN6O4S/c1-23(8-14(25)20-12-5-3-2-4-11(12)18)15(26)9-28-17(27)16-13(6-7-29-16)24-10-19-21-22-24/h2-7,10H,8-9H2,1H3,(H,20,25). The number of likely N-dealkylation sites (N-methyl/N-ethyl adjacent to an activating group) is 1. The van der Waals surface area contributed by atoms with Crippen molar-refractivity contribution < 1.29 is 19.1 Å². The molecular formula is C17H15ClN6O4S. The zero-order chi connectivity index (χ0) is 20.8. The van der Waals surface area contributed by atoms with Gasteiger partial charge in [-0.25, -0.2) is 4.79 Å². The Kier molecular flexibility index (Phi) is 6.52. The van der Waals surface area contributed by atoms with E-state index >= 15 is 0 Å². The number of amides is 2. The van der Waals surface area contributed by atoms with Gasteiger partial charge in [-0.2, -0.15) is 4.68 Å². The molecule has 0 saturated carbocycles. The average molecular weight is 435 g/mol. The third-order valence-corrected chi connectivity index (χ3v) is 4.92. The molecule has 1 N–H and O–H groups in total. The van der Waals surface area contributed by atoms with Crippen LogP contribution < -0.4 is 5.32 Å². The molecule has 150 valence electrons. The lowest BCUT2D eigenvalue weighted by Gasteiger charge is -2.17. The Morgan fingerprint density at radius 3 is 2.79 bits per heavy atom. The van der Waals surface area contributed by atoms with Crippen LogP contribution in [0.4, 0.5) is 5.69 Å². The maximum absolute atomic E-state index is 12.3. The molecule has 10 nitrogen and oxygen atoms in total.